The van der Waals surface area contributed by atoms with Gasteiger partial charge in [-0.25, -0.2) is 14.6 Å². The van der Waals surface area contributed by atoms with E-state index >= 15 is 0 Å². The molecule has 0 spiro atoms. The van der Waals surface area contributed by atoms with E-state index in [0.717, 1.165) is 36.9 Å². The van der Waals surface area contributed by atoms with Crippen LogP contribution in [0.2, 0.25) is 0 Å². The molecule has 1 fully saturated rings. The summed E-state index contributed by atoms with van der Waals surface area (Å²) in [5, 5.41) is 7.50. The molecule has 200 valence electrons. The fourth-order valence-corrected chi connectivity index (χ4v) is 5.36. The molecule has 4 rings (SSSR count). The Bertz CT molecular complexity index is 1140. The van der Waals surface area contributed by atoms with Crippen LogP contribution in [0.5, 0.6) is 5.75 Å². The highest BCUT2D eigenvalue weighted by molar-refractivity contribution is 7.45. The summed E-state index contributed by atoms with van der Waals surface area (Å²) in [7, 11) is -1.62. The standard InChI is InChI=1S/C26H36N5O5P/c1-4-19(5-2)15-33-26(32)18(3)30-37(36-20-9-7-6-8-10-20)34-16-21-11-14-24(35-21)22-12-13-23-25(27)28-17-29-31(22)23/h6-10,12-13,17-19,21,24,30H,4-5,11,14-16H2,1-3H3,(H2,27,28,29). The predicted octanol–water partition coefficient (Wildman–Crippen LogP) is 4.81. The number of nitrogens with zero attached hydrogens (tertiary/aromatic N) is 3. The molecule has 2 aromatic heterocycles. The minimum absolute atomic E-state index is 0.126. The summed E-state index contributed by atoms with van der Waals surface area (Å²) in [5.41, 5.74) is 7.66. The Hall–Kier alpha value is -2.78. The minimum atomic E-state index is -1.62. The number of nitrogens with two attached hydrogens (primary N) is 1. The molecule has 4 atom stereocenters. The molecule has 0 saturated carbocycles. The van der Waals surface area contributed by atoms with Crippen molar-refractivity contribution in [1.29, 1.82) is 0 Å². The molecule has 0 amide bonds. The number of hydrogen-bond donors (Lipinski definition) is 2. The van der Waals surface area contributed by atoms with Crippen molar-refractivity contribution >= 4 is 25.8 Å². The third-order valence-corrected chi connectivity index (χ3v) is 7.88. The smallest absolute Gasteiger partial charge is 0.323 e. The molecule has 3 heterocycles. The number of para-hydroxylation sites is 1. The summed E-state index contributed by atoms with van der Waals surface area (Å²) in [6.07, 6.45) is 4.78. The van der Waals surface area contributed by atoms with Gasteiger partial charge in [0.2, 0.25) is 0 Å². The topological polar surface area (TPSA) is 122 Å². The monoisotopic (exact) mass is 529 g/mol. The largest absolute Gasteiger partial charge is 0.464 e. The lowest BCUT2D eigenvalue weighted by atomic mass is 10.1. The van der Waals surface area contributed by atoms with Gasteiger partial charge < -0.3 is 24.3 Å². The van der Waals surface area contributed by atoms with Gasteiger partial charge in [0.05, 0.1) is 25.0 Å². The second-order valence-corrected chi connectivity index (χ2v) is 10.4. The first kappa shape index (κ1) is 27.3. The van der Waals surface area contributed by atoms with E-state index in [0.29, 0.717) is 30.7 Å². The summed E-state index contributed by atoms with van der Waals surface area (Å²) in [6.45, 7) is 6.69. The number of hydrogen-bond acceptors (Lipinski definition) is 9. The van der Waals surface area contributed by atoms with Gasteiger partial charge in [0.15, 0.2) is 5.82 Å². The Labute approximate surface area is 218 Å². The lowest BCUT2D eigenvalue weighted by Gasteiger charge is -2.23. The van der Waals surface area contributed by atoms with Gasteiger partial charge in [0, 0.05) is 0 Å². The van der Waals surface area contributed by atoms with E-state index in [9.17, 15) is 4.79 Å². The third kappa shape index (κ3) is 7.17. The second-order valence-electron chi connectivity index (χ2n) is 9.15. The van der Waals surface area contributed by atoms with Crippen LogP contribution in [0.3, 0.4) is 0 Å². The molecule has 10 nitrogen and oxygen atoms in total. The molecule has 1 aliphatic heterocycles. The number of carbonyl (C=O) groups excluding carboxylic acids is 1. The highest BCUT2D eigenvalue weighted by Crippen LogP contribution is 2.39. The molecule has 4 unspecified atom stereocenters. The Morgan fingerprint density at radius 3 is 2.76 bits per heavy atom. The van der Waals surface area contributed by atoms with Crippen LogP contribution in [-0.4, -0.2) is 45.9 Å². The molecule has 1 aliphatic rings. The van der Waals surface area contributed by atoms with Crippen molar-refractivity contribution in [1.82, 2.24) is 19.7 Å². The number of anilines is 1. The molecular formula is C26H36N5O5P. The van der Waals surface area contributed by atoms with Crippen LogP contribution in [-0.2, 0) is 18.8 Å². The SMILES string of the molecule is CCC(CC)COC(=O)C(C)NP(OCC1CCC(c2ccc3c(N)ncnn23)O1)Oc1ccccc1. The average Bonchev–Trinajstić information content (AvgIpc) is 3.56. The van der Waals surface area contributed by atoms with Crippen molar-refractivity contribution in [3.8, 4) is 5.75 Å². The summed E-state index contributed by atoms with van der Waals surface area (Å²) < 4.78 is 25.8. The van der Waals surface area contributed by atoms with E-state index < -0.39 is 14.6 Å². The number of nitrogens with one attached hydrogen (secondary N) is 1. The first-order chi connectivity index (χ1) is 18.0. The number of fused-ring (bicyclic) bond motifs is 1. The summed E-state index contributed by atoms with van der Waals surface area (Å²) in [6, 6.07) is 12.7. The van der Waals surface area contributed by atoms with Gasteiger partial charge in [-0.2, -0.15) is 5.10 Å². The van der Waals surface area contributed by atoms with Gasteiger partial charge >= 0.3 is 14.5 Å². The lowest BCUT2D eigenvalue weighted by molar-refractivity contribution is -0.146. The maximum atomic E-state index is 12.6. The van der Waals surface area contributed by atoms with Gasteiger partial charge in [0.1, 0.15) is 29.7 Å². The van der Waals surface area contributed by atoms with E-state index in [4.69, 9.17) is 24.3 Å². The van der Waals surface area contributed by atoms with E-state index in [1.54, 1.807) is 11.4 Å². The van der Waals surface area contributed by atoms with E-state index in [2.05, 4.69) is 29.0 Å². The fraction of sp³-hybridized carbons (Fsp3) is 0.500. The number of esters is 1. The van der Waals surface area contributed by atoms with Crippen molar-refractivity contribution in [3.63, 3.8) is 0 Å². The third-order valence-electron chi connectivity index (χ3n) is 6.53. The fourth-order valence-electron chi connectivity index (χ4n) is 4.14. The molecule has 0 bridgehead atoms. The highest BCUT2D eigenvalue weighted by Gasteiger charge is 2.31. The van der Waals surface area contributed by atoms with Crippen molar-refractivity contribution in [2.24, 2.45) is 5.92 Å². The Morgan fingerprint density at radius 1 is 1.22 bits per heavy atom. The number of aromatic nitrogens is 3. The molecule has 0 radical (unpaired) electrons. The molecule has 1 saturated heterocycles. The lowest BCUT2D eigenvalue weighted by Crippen LogP contribution is -2.34. The second kappa shape index (κ2) is 13.1. The maximum absolute atomic E-state index is 12.6. The first-order valence-electron chi connectivity index (χ1n) is 12.8. The number of carbonyl (C=O) groups is 1. The van der Waals surface area contributed by atoms with Crippen molar-refractivity contribution in [2.45, 2.75) is 64.7 Å². The zero-order valence-corrected chi connectivity index (χ0v) is 22.5. The van der Waals surface area contributed by atoms with Crippen LogP contribution >= 0.6 is 8.53 Å². The van der Waals surface area contributed by atoms with Gasteiger partial charge in [-0.3, -0.25) is 4.79 Å². The molecule has 11 heteroatoms. The quantitative estimate of drug-likeness (QED) is 0.237. The predicted molar refractivity (Wildman–Crippen MR) is 142 cm³/mol. The molecule has 1 aromatic carbocycles. The highest BCUT2D eigenvalue weighted by atomic mass is 31.2. The van der Waals surface area contributed by atoms with Crippen molar-refractivity contribution in [3.05, 3.63) is 54.5 Å². The van der Waals surface area contributed by atoms with E-state index in [1.165, 1.54) is 6.33 Å². The zero-order valence-electron chi connectivity index (χ0n) is 21.6. The normalized spacial score (nSPS) is 19.2. The van der Waals surface area contributed by atoms with Crippen LogP contribution in [0.1, 0.15) is 58.3 Å². The van der Waals surface area contributed by atoms with Crippen LogP contribution < -0.4 is 15.3 Å². The average molecular weight is 530 g/mol. The molecule has 3 aromatic rings. The van der Waals surface area contributed by atoms with E-state index in [1.807, 2.05) is 42.5 Å². The summed E-state index contributed by atoms with van der Waals surface area (Å²) in [5.74, 6) is 1.13. The Kier molecular flexibility index (Phi) is 9.68. The number of nitrogen functional groups attached to an aromatic ring is 1. The van der Waals surface area contributed by atoms with Gasteiger partial charge in [0.25, 0.3) is 0 Å². The molecule has 3 N–H and O–H groups in total. The van der Waals surface area contributed by atoms with Gasteiger partial charge in [-0.15, -0.1) is 0 Å². The van der Waals surface area contributed by atoms with Gasteiger partial charge in [-0.05, 0) is 49.9 Å². The molecule has 0 aliphatic carbocycles. The Balaban J connectivity index is 1.34. The minimum Gasteiger partial charge on any atom is -0.464 e. The summed E-state index contributed by atoms with van der Waals surface area (Å²) in [4.78, 5) is 16.6. The van der Waals surface area contributed by atoms with Crippen molar-refractivity contribution in [2.75, 3.05) is 18.9 Å². The zero-order chi connectivity index (χ0) is 26.2. The van der Waals surface area contributed by atoms with Gasteiger partial charge in [-0.1, -0.05) is 44.9 Å². The van der Waals surface area contributed by atoms with E-state index in [-0.39, 0.29) is 18.2 Å². The van der Waals surface area contributed by atoms with Crippen LogP contribution in [0.25, 0.3) is 5.52 Å². The van der Waals surface area contributed by atoms with Crippen LogP contribution in [0.15, 0.2) is 48.8 Å². The number of rotatable bonds is 13. The molecular weight excluding hydrogens is 493 g/mol. The van der Waals surface area contributed by atoms with Crippen LogP contribution in [0.4, 0.5) is 5.82 Å². The number of ether oxygens (including phenoxy) is 2. The van der Waals surface area contributed by atoms with Crippen molar-refractivity contribution < 1.29 is 23.3 Å². The van der Waals surface area contributed by atoms with Crippen LogP contribution in [0, 0.1) is 5.92 Å². The number of benzene rings is 1. The summed E-state index contributed by atoms with van der Waals surface area (Å²) >= 11 is 0. The first-order valence-corrected chi connectivity index (χ1v) is 14.0. The Morgan fingerprint density at radius 2 is 2.00 bits per heavy atom. The maximum Gasteiger partial charge on any atom is 0.323 e. The molecule has 37 heavy (non-hydrogen) atoms.